The predicted molar refractivity (Wildman–Crippen MR) is 134 cm³/mol. The van der Waals surface area contributed by atoms with Gasteiger partial charge in [-0.2, -0.15) is 0 Å². The van der Waals surface area contributed by atoms with E-state index in [0.717, 1.165) is 16.7 Å². The van der Waals surface area contributed by atoms with Gasteiger partial charge in [-0.25, -0.2) is 4.39 Å². The van der Waals surface area contributed by atoms with E-state index in [9.17, 15) is 14.0 Å². The first-order valence-electron chi connectivity index (χ1n) is 11.6. The molecule has 0 heterocycles. The van der Waals surface area contributed by atoms with Crippen molar-refractivity contribution in [2.75, 3.05) is 0 Å². The van der Waals surface area contributed by atoms with Crippen LogP contribution in [-0.2, 0) is 29.0 Å². The van der Waals surface area contributed by atoms with E-state index in [1.165, 1.54) is 12.1 Å². The molecule has 0 fully saturated rings. The number of nitrogens with zero attached hydrogens (tertiary/aromatic N) is 1. The van der Waals surface area contributed by atoms with Crippen LogP contribution < -0.4 is 5.32 Å². The van der Waals surface area contributed by atoms with Gasteiger partial charge < -0.3 is 10.2 Å². The van der Waals surface area contributed by atoms with E-state index >= 15 is 0 Å². The van der Waals surface area contributed by atoms with Gasteiger partial charge in [0, 0.05) is 18.5 Å². The van der Waals surface area contributed by atoms with Gasteiger partial charge in [-0.3, -0.25) is 9.59 Å². The molecule has 2 amide bonds. The molecule has 0 spiro atoms. The molecule has 34 heavy (non-hydrogen) atoms. The average molecular weight is 461 g/mol. The zero-order valence-corrected chi connectivity index (χ0v) is 20.3. The lowest BCUT2D eigenvalue weighted by atomic mass is 9.99. The molecular formula is C29H33FN2O2. The average Bonchev–Trinajstić information content (AvgIpc) is 2.78. The number of hydrogen-bond acceptors (Lipinski definition) is 2. The summed E-state index contributed by atoms with van der Waals surface area (Å²) >= 11 is 0. The molecule has 3 aromatic rings. The summed E-state index contributed by atoms with van der Waals surface area (Å²) in [6.07, 6.45) is 0.476. The van der Waals surface area contributed by atoms with E-state index in [-0.39, 0.29) is 24.1 Å². The Morgan fingerprint density at radius 1 is 0.882 bits per heavy atom. The van der Waals surface area contributed by atoms with Crippen LogP contribution in [0.2, 0.25) is 0 Å². The van der Waals surface area contributed by atoms with Crippen LogP contribution in [0.3, 0.4) is 0 Å². The first-order valence-corrected chi connectivity index (χ1v) is 11.6. The summed E-state index contributed by atoms with van der Waals surface area (Å²) in [6, 6.07) is 22.8. The number of nitrogens with one attached hydrogen (secondary N) is 1. The predicted octanol–water partition coefficient (Wildman–Crippen LogP) is 5.23. The summed E-state index contributed by atoms with van der Waals surface area (Å²) in [7, 11) is 0. The summed E-state index contributed by atoms with van der Waals surface area (Å²) in [5, 5.41) is 3.06. The number of benzene rings is 3. The molecule has 0 aliphatic carbocycles. The van der Waals surface area contributed by atoms with Crippen molar-refractivity contribution in [3.63, 3.8) is 0 Å². The molecule has 4 nitrogen and oxygen atoms in total. The van der Waals surface area contributed by atoms with Crippen LogP contribution >= 0.6 is 0 Å². The third-order valence-electron chi connectivity index (χ3n) is 5.64. The quantitative estimate of drug-likeness (QED) is 0.500. The number of hydrogen-bond donors (Lipinski definition) is 1. The first kappa shape index (κ1) is 25.2. The highest BCUT2D eigenvalue weighted by atomic mass is 19.1. The van der Waals surface area contributed by atoms with Crippen LogP contribution in [0.5, 0.6) is 0 Å². The summed E-state index contributed by atoms with van der Waals surface area (Å²) in [5.74, 6) is -0.725. The highest BCUT2D eigenvalue weighted by Gasteiger charge is 2.32. The molecule has 5 heteroatoms. The van der Waals surface area contributed by atoms with Crippen molar-refractivity contribution in [1.82, 2.24) is 10.2 Å². The van der Waals surface area contributed by atoms with Gasteiger partial charge in [0.2, 0.25) is 11.8 Å². The van der Waals surface area contributed by atoms with Crippen LogP contribution in [0.25, 0.3) is 0 Å². The van der Waals surface area contributed by atoms with Crippen LogP contribution in [0.1, 0.15) is 43.0 Å². The number of aryl methyl sites for hydroxylation is 1. The Labute approximate surface area is 201 Å². The van der Waals surface area contributed by atoms with E-state index in [4.69, 9.17) is 0 Å². The molecule has 178 valence electrons. The highest BCUT2D eigenvalue weighted by molar-refractivity contribution is 5.89. The zero-order valence-electron chi connectivity index (χ0n) is 20.3. The smallest absolute Gasteiger partial charge is 0.243 e. The molecule has 0 radical (unpaired) electrons. The second-order valence-electron chi connectivity index (χ2n) is 9.70. The molecule has 0 aromatic heterocycles. The fourth-order valence-corrected chi connectivity index (χ4v) is 3.86. The topological polar surface area (TPSA) is 49.4 Å². The van der Waals surface area contributed by atoms with Gasteiger partial charge in [-0.15, -0.1) is 0 Å². The third-order valence-corrected chi connectivity index (χ3v) is 5.64. The summed E-state index contributed by atoms with van der Waals surface area (Å²) in [6.45, 7) is 8.09. The Kier molecular flexibility index (Phi) is 8.21. The maximum Gasteiger partial charge on any atom is 0.243 e. The maximum absolute atomic E-state index is 13.7. The molecule has 0 saturated heterocycles. The van der Waals surface area contributed by atoms with E-state index in [2.05, 4.69) is 5.32 Å². The normalized spacial score (nSPS) is 12.1. The van der Waals surface area contributed by atoms with Gasteiger partial charge in [-0.05, 0) is 62.1 Å². The summed E-state index contributed by atoms with van der Waals surface area (Å²) in [4.78, 5) is 28.9. The van der Waals surface area contributed by atoms with Crippen LogP contribution in [0, 0.1) is 12.7 Å². The van der Waals surface area contributed by atoms with E-state index in [0.29, 0.717) is 18.5 Å². The lowest BCUT2D eigenvalue weighted by Gasteiger charge is -2.34. The van der Waals surface area contributed by atoms with Gasteiger partial charge >= 0.3 is 0 Å². The van der Waals surface area contributed by atoms with Crippen molar-refractivity contribution in [3.8, 4) is 0 Å². The SMILES string of the molecule is Cc1ccccc1CN(C(=O)Cc1ccc(F)cc1)[C@H](Cc1ccccc1)C(=O)NC(C)(C)C. The Hall–Kier alpha value is -3.47. The number of carbonyl (C=O) groups is 2. The molecule has 0 saturated carbocycles. The number of halogens is 1. The number of rotatable bonds is 8. The molecule has 0 bridgehead atoms. The molecule has 3 rings (SSSR count). The van der Waals surface area contributed by atoms with E-state index in [1.54, 1.807) is 17.0 Å². The van der Waals surface area contributed by atoms with Crippen molar-refractivity contribution < 1.29 is 14.0 Å². The van der Waals surface area contributed by atoms with Crippen molar-refractivity contribution in [2.45, 2.75) is 58.7 Å². The minimum absolute atomic E-state index is 0.0836. The molecular weight excluding hydrogens is 427 g/mol. The molecule has 1 atom stereocenters. The minimum Gasteiger partial charge on any atom is -0.350 e. The first-order chi connectivity index (χ1) is 16.1. The van der Waals surface area contributed by atoms with Crippen LogP contribution in [0.4, 0.5) is 4.39 Å². The molecule has 0 aliphatic rings. The Morgan fingerprint density at radius 2 is 1.50 bits per heavy atom. The second kappa shape index (κ2) is 11.1. The van der Waals surface area contributed by atoms with Crippen LogP contribution in [-0.4, -0.2) is 28.3 Å². The molecule has 3 aromatic carbocycles. The van der Waals surface area contributed by atoms with Gasteiger partial charge in [0.05, 0.1) is 6.42 Å². The summed E-state index contributed by atoms with van der Waals surface area (Å²) in [5.41, 5.74) is 3.27. The minimum atomic E-state index is -0.700. The Morgan fingerprint density at radius 3 is 2.12 bits per heavy atom. The molecule has 0 unspecified atom stereocenters. The Bertz CT molecular complexity index is 1100. The van der Waals surface area contributed by atoms with Crippen molar-refractivity contribution in [3.05, 3.63) is 107 Å². The maximum atomic E-state index is 13.7. The monoisotopic (exact) mass is 460 g/mol. The Balaban J connectivity index is 1.99. The fraction of sp³-hybridized carbons (Fsp3) is 0.310. The second-order valence-corrected chi connectivity index (χ2v) is 9.70. The highest BCUT2D eigenvalue weighted by Crippen LogP contribution is 2.19. The van der Waals surface area contributed by atoms with Crippen molar-refractivity contribution >= 4 is 11.8 Å². The van der Waals surface area contributed by atoms with Crippen LogP contribution in [0.15, 0.2) is 78.9 Å². The van der Waals surface area contributed by atoms with Crippen molar-refractivity contribution in [2.24, 2.45) is 0 Å². The lowest BCUT2D eigenvalue weighted by Crippen LogP contribution is -2.54. The van der Waals surface area contributed by atoms with Gasteiger partial charge in [-0.1, -0.05) is 66.7 Å². The molecule has 1 N–H and O–H groups in total. The van der Waals surface area contributed by atoms with E-state index < -0.39 is 11.6 Å². The zero-order chi connectivity index (χ0) is 24.7. The summed E-state index contributed by atoms with van der Waals surface area (Å²) < 4.78 is 13.4. The van der Waals surface area contributed by atoms with Crippen molar-refractivity contribution in [1.29, 1.82) is 0 Å². The van der Waals surface area contributed by atoms with Gasteiger partial charge in [0.15, 0.2) is 0 Å². The number of amides is 2. The fourth-order valence-electron chi connectivity index (χ4n) is 3.86. The molecule has 0 aliphatic heterocycles. The number of carbonyl (C=O) groups excluding carboxylic acids is 2. The van der Waals surface area contributed by atoms with Gasteiger partial charge in [0.25, 0.3) is 0 Å². The standard InChI is InChI=1S/C29H33FN2O2/c1-21-10-8-9-13-24(21)20-32(27(33)19-23-14-16-25(30)17-15-23)26(28(34)31-29(2,3)4)18-22-11-6-5-7-12-22/h5-17,26H,18-20H2,1-4H3,(H,31,34)/t26-/m1/s1. The van der Waals surface area contributed by atoms with Gasteiger partial charge in [0.1, 0.15) is 11.9 Å². The van der Waals surface area contributed by atoms with E-state index in [1.807, 2.05) is 82.3 Å². The largest absolute Gasteiger partial charge is 0.350 e. The third kappa shape index (κ3) is 7.27. The lowest BCUT2D eigenvalue weighted by molar-refractivity contribution is -0.141.